The van der Waals surface area contributed by atoms with E-state index in [1.165, 1.54) is 5.56 Å². The molecule has 4 nitrogen and oxygen atoms in total. The summed E-state index contributed by atoms with van der Waals surface area (Å²) < 4.78 is 5.45. The first kappa shape index (κ1) is 11.5. The van der Waals surface area contributed by atoms with Crippen LogP contribution in [0.4, 0.5) is 5.69 Å². The average molecular weight is 246 g/mol. The highest BCUT2D eigenvalue weighted by Crippen LogP contribution is 2.46. The first-order chi connectivity index (χ1) is 8.73. The molecule has 0 saturated heterocycles. The number of carbonyl (C=O) groups excluding carboxylic acids is 1. The van der Waals surface area contributed by atoms with E-state index in [9.17, 15) is 4.79 Å². The summed E-state index contributed by atoms with van der Waals surface area (Å²) in [6, 6.07) is 5.88. The number of amides is 1. The molecule has 1 aliphatic carbocycles. The van der Waals surface area contributed by atoms with E-state index in [4.69, 9.17) is 4.74 Å². The van der Waals surface area contributed by atoms with E-state index in [0.29, 0.717) is 0 Å². The molecule has 1 aliphatic heterocycles. The van der Waals surface area contributed by atoms with Crippen molar-refractivity contribution in [3.05, 3.63) is 23.8 Å². The van der Waals surface area contributed by atoms with Crippen LogP contribution in [0.25, 0.3) is 0 Å². The highest BCUT2D eigenvalue weighted by molar-refractivity contribution is 5.97. The van der Waals surface area contributed by atoms with Crippen molar-refractivity contribution in [3.63, 3.8) is 0 Å². The molecule has 0 atom stereocenters. The molecule has 1 aromatic carbocycles. The minimum absolute atomic E-state index is 0.135. The van der Waals surface area contributed by atoms with Gasteiger partial charge in [0.05, 0.1) is 12.0 Å². The van der Waals surface area contributed by atoms with Gasteiger partial charge >= 0.3 is 0 Å². The summed E-state index contributed by atoms with van der Waals surface area (Å²) in [6.07, 6.45) is 2.89. The number of nitrogens with one attached hydrogen (secondary N) is 2. The van der Waals surface area contributed by atoms with Gasteiger partial charge in [-0.15, -0.1) is 0 Å². The molecule has 1 heterocycles. The van der Waals surface area contributed by atoms with Crippen LogP contribution in [0.15, 0.2) is 18.2 Å². The molecule has 0 spiro atoms. The Morgan fingerprint density at radius 3 is 3.00 bits per heavy atom. The predicted molar refractivity (Wildman–Crippen MR) is 69.9 cm³/mol. The van der Waals surface area contributed by atoms with Gasteiger partial charge in [0.25, 0.3) is 0 Å². The Hall–Kier alpha value is -1.55. The zero-order chi connectivity index (χ0) is 12.6. The monoisotopic (exact) mass is 246 g/mol. The van der Waals surface area contributed by atoms with E-state index >= 15 is 0 Å². The lowest BCUT2D eigenvalue weighted by Crippen LogP contribution is -2.32. The Balaban J connectivity index is 1.71. The summed E-state index contributed by atoms with van der Waals surface area (Å²) in [5, 5.41) is 6.12. The molecular formula is C14H18N2O2. The quantitative estimate of drug-likeness (QED) is 0.847. The maximum Gasteiger partial charge on any atom is 0.231 e. The molecule has 0 radical (unpaired) electrons. The van der Waals surface area contributed by atoms with E-state index in [1.807, 2.05) is 25.2 Å². The standard InChI is InChI=1S/C14H18N2O2/c1-15-9-14(5-6-14)13(17)16-11-2-3-12-10(8-11)4-7-18-12/h2-3,8,15H,4-7,9H2,1H3,(H,16,17). The van der Waals surface area contributed by atoms with Crippen molar-refractivity contribution in [2.75, 3.05) is 25.5 Å². The minimum Gasteiger partial charge on any atom is -0.493 e. The zero-order valence-electron chi connectivity index (χ0n) is 10.6. The molecule has 1 saturated carbocycles. The van der Waals surface area contributed by atoms with E-state index in [0.717, 1.165) is 43.9 Å². The molecule has 1 aromatic rings. The number of hydrogen-bond acceptors (Lipinski definition) is 3. The highest BCUT2D eigenvalue weighted by atomic mass is 16.5. The van der Waals surface area contributed by atoms with Gasteiger partial charge in [-0.25, -0.2) is 0 Å². The maximum atomic E-state index is 12.2. The lowest BCUT2D eigenvalue weighted by molar-refractivity contribution is -0.120. The van der Waals surface area contributed by atoms with Gasteiger partial charge < -0.3 is 15.4 Å². The largest absolute Gasteiger partial charge is 0.493 e. The van der Waals surface area contributed by atoms with Crippen LogP contribution in [0, 0.1) is 5.41 Å². The first-order valence-corrected chi connectivity index (χ1v) is 6.45. The molecule has 4 heteroatoms. The smallest absolute Gasteiger partial charge is 0.231 e. The van der Waals surface area contributed by atoms with Gasteiger partial charge in [-0.3, -0.25) is 4.79 Å². The van der Waals surface area contributed by atoms with Crippen LogP contribution in [0.1, 0.15) is 18.4 Å². The third kappa shape index (κ3) is 1.97. The first-order valence-electron chi connectivity index (χ1n) is 6.45. The van der Waals surface area contributed by atoms with Crippen molar-refractivity contribution >= 4 is 11.6 Å². The van der Waals surface area contributed by atoms with Crippen LogP contribution >= 0.6 is 0 Å². The molecule has 1 amide bonds. The average Bonchev–Trinajstić information content (AvgIpc) is 3.00. The Kier molecular flexibility index (Phi) is 2.74. The summed E-state index contributed by atoms with van der Waals surface area (Å²) >= 11 is 0. The van der Waals surface area contributed by atoms with Gasteiger partial charge in [0, 0.05) is 18.7 Å². The van der Waals surface area contributed by atoms with Crippen LogP contribution in [0.2, 0.25) is 0 Å². The number of ether oxygens (including phenoxy) is 1. The molecule has 2 aliphatic rings. The lowest BCUT2D eigenvalue weighted by atomic mass is 10.1. The van der Waals surface area contributed by atoms with Gasteiger partial charge in [0.15, 0.2) is 0 Å². The second-order valence-electron chi connectivity index (χ2n) is 5.19. The summed E-state index contributed by atoms with van der Waals surface area (Å²) in [6.45, 7) is 1.50. The minimum atomic E-state index is -0.176. The SMILES string of the molecule is CNCC1(C(=O)Nc2ccc3c(c2)CCO3)CC1. The molecule has 18 heavy (non-hydrogen) atoms. The molecule has 0 aromatic heterocycles. The maximum absolute atomic E-state index is 12.2. The van der Waals surface area contributed by atoms with Gasteiger partial charge in [-0.2, -0.15) is 0 Å². The van der Waals surface area contributed by atoms with Crippen LogP contribution in [-0.2, 0) is 11.2 Å². The van der Waals surface area contributed by atoms with Gasteiger partial charge in [-0.1, -0.05) is 0 Å². The number of benzene rings is 1. The number of hydrogen-bond donors (Lipinski definition) is 2. The summed E-state index contributed by atoms with van der Waals surface area (Å²) in [4.78, 5) is 12.2. The second-order valence-corrected chi connectivity index (χ2v) is 5.19. The number of rotatable bonds is 4. The van der Waals surface area contributed by atoms with Crippen LogP contribution in [-0.4, -0.2) is 26.1 Å². The van der Waals surface area contributed by atoms with Crippen molar-refractivity contribution in [1.29, 1.82) is 0 Å². The third-order valence-corrected chi connectivity index (χ3v) is 3.80. The molecule has 2 N–H and O–H groups in total. The van der Waals surface area contributed by atoms with Gasteiger partial charge in [0.1, 0.15) is 5.75 Å². The van der Waals surface area contributed by atoms with E-state index < -0.39 is 0 Å². The molecule has 0 bridgehead atoms. The fraction of sp³-hybridized carbons (Fsp3) is 0.500. The van der Waals surface area contributed by atoms with E-state index in [1.54, 1.807) is 0 Å². The molecule has 0 unspecified atom stereocenters. The van der Waals surface area contributed by atoms with Crippen LogP contribution in [0.5, 0.6) is 5.75 Å². The summed E-state index contributed by atoms with van der Waals surface area (Å²) in [5.41, 5.74) is 1.89. The molecule has 3 rings (SSSR count). The van der Waals surface area contributed by atoms with Crippen molar-refractivity contribution in [1.82, 2.24) is 5.32 Å². The predicted octanol–water partition coefficient (Wildman–Crippen LogP) is 1.56. The van der Waals surface area contributed by atoms with Crippen LogP contribution < -0.4 is 15.4 Å². The van der Waals surface area contributed by atoms with Gasteiger partial charge in [0.2, 0.25) is 5.91 Å². The molecule has 1 fully saturated rings. The number of anilines is 1. The summed E-state index contributed by atoms with van der Waals surface area (Å²) in [7, 11) is 1.89. The Morgan fingerprint density at radius 2 is 2.28 bits per heavy atom. The van der Waals surface area contributed by atoms with Crippen molar-refractivity contribution < 1.29 is 9.53 Å². The number of fused-ring (bicyclic) bond motifs is 1. The topological polar surface area (TPSA) is 50.4 Å². The number of carbonyl (C=O) groups is 1. The normalized spacial score (nSPS) is 18.9. The molecular weight excluding hydrogens is 228 g/mol. The Bertz CT molecular complexity index is 481. The van der Waals surface area contributed by atoms with E-state index in [-0.39, 0.29) is 11.3 Å². The van der Waals surface area contributed by atoms with Gasteiger partial charge in [-0.05, 0) is 43.7 Å². The fourth-order valence-corrected chi connectivity index (χ4v) is 2.50. The Labute approximate surface area is 107 Å². The lowest BCUT2D eigenvalue weighted by Gasteiger charge is -2.15. The second kappa shape index (κ2) is 4.28. The highest BCUT2D eigenvalue weighted by Gasteiger charge is 2.49. The van der Waals surface area contributed by atoms with Crippen molar-refractivity contribution in [3.8, 4) is 5.75 Å². The molecule has 96 valence electrons. The summed E-state index contributed by atoms with van der Waals surface area (Å²) in [5.74, 6) is 1.08. The Morgan fingerprint density at radius 1 is 1.44 bits per heavy atom. The van der Waals surface area contributed by atoms with Crippen molar-refractivity contribution in [2.24, 2.45) is 5.41 Å². The fourth-order valence-electron chi connectivity index (χ4n) is 2.50. The zero-order valence-corrected chi connectivity index (χ0v) is 10.6. The van der Waals surface area contributed by atoms with E-state index in [2.05, 4.69) is 10.6 Å². The van der Waals surface area contributed by atoms with Crippen LogP contribution in [0.3, 0.4) is 0 Å². The third-order valence-electron chi connectivity index (χ3n) is 3.80. The van der Waals surface area contributed by atoms with Crippen molar-refractivity contribution in [2.45, 2.75) is 19.3 Å².